The average molecular weight is 422 g/mol. The predicted molar refractivity (Wildman–Crippen MR) is 88.7 cm³/mol. The molecule has 2 aromatic rings. The Morgan fingerprint density at radius 1 is 1.15 bits per heavy atom. The van der Waals surface area contributed by atoms with Crippen molar-refractivity contribution in [2.24, 2.45) is 0 Å². The first kappa shape index (κ1) is 15.5. The Morgan fingerprint density at radius 2 is 1.90 bits per heavy atom. The second-order valence-corrected chi connectivity index (χ2v) is 6.04. The van der Waals surface area contributed by atoms with E-state index in [1.165, 1.54) is 0 Å². The summed E-state index contributed by atoms with van der Waals surface area (Å²) < 4.78 is 1.85. The molecule has 2 rings (SSSR count). The lowest BCUT2D eigenvalue weighted by Gasteiger charge is -2.09. The van der Waals surface area contributed by atoms with E-state index >= 15 is 0 Å². The highest BCUT2D eigenvalue weighted by molar-refractivity contribution is 9.11. The van der Waals surface area contributed by atoms with Gasteiger partial charge in [0.1, 0.15) is 0 Å². The Balaban J connectivity index is 2.24. The molecule has 1 heterocycles. The number of halogens is 3. The van der Waals surface area contributed by atoms with Gasteiger partial charge in [0.2, 0.25) is 17.2 Å². The van der Waals surface area contributed by atoms with Crippen LogP contribution in [0.15, 0.2) is 27.1 Å². The lowest BCUT2D eigenvalue weighted by molar-refractivity contribution is 0.940. The maximum Gasteiger partial charge on any atom is 0.233 e. The monoisotopic (exact) mass is 419 g/mol. The number of rotatable bonds is 5. The van der Waals surface area contributed by atoms with E-state index in [1.54, 1.807) is 0 Å². The number of nitrogens with zero attached hydrogens (tertiary/aromatic N) is 3. The van der Waals surface area contributed by atoms with Gasteiger partial charge >= 0.3 is 0 Å². The molecular formula is C12H12Br2ClN5. The van der Waals surface area contributed by atoms with Crippen molar-refractivity contribution in [3.63, 3.8) is 0 Å². The van der Waals surface area contributed by atoms with Crippen molar-refractivity contribution < 1.29 is 0 Å². The van der Waals surface area contributed by atoms with Gasteiger partial charge in [-0.2, -0.15) is 15.0 Å². The van der Waals surface area contributed by atoms with Gasteiger partial charge in [-0.1, -0.05) is 22.9 Å². The molecule has 0 bridgehead atoms. The minimum absolute atomic E-state index is 0.146. The first-order chi connectivity index (χ1) is 9.58. The minimum atomic E-state index is 0.146. The van der Waals surface area contributed by atoms with Crippen LogP contribution in [0.25, 0.3) is 0 Å². The van der Waals surface area contributed by atoms with Crippen molar-refractivity contribution in [3.8, 4) is 0 Å². The number of benzene rings is 1. The summed E-state index contributed by atoms with van der Waals surface area (Å²) in [4.78, 5) is 12.4. The molecule has 0 saturated carbocycles. The predicted octanol–water partition coefficient (Wildman–Crippen LogP) is 4.62. The number of nitrogens with one attached hydrogen (secondary N) is 2. The van der Waals surface area contributed by atoms with Crippen molar-refractivity contribution in [3.05, 3.63) is 32.4 Å². The maximum absolute atomic E-state index is 5.90. The number of hydrogen-bond donors (Lipinski definition) is 2. The molecule has 0 aliphatic heterocycles. The van der Waals surface area contributed by atoms with Crippen molar-refractivity contribution in [1.29, 1.82) is 0 Å². The highest BCUT2D eigenvalue weighted by Crippen LogP contribution is 2.28. The van der Waals surface area contributed by atoms with Crippen molar-refractivity contribution in [1.82, 2.24) is 15.0 Å². The summed E-state index contributed by atoms with van der Waals surface area (Å²) in [7, 11) is 0. The zero-order valence-corrected chi connectivity index (χ0v) is 14.5. The van der Waals surface area contributed by atoms with Crippen LogP contribution >= 0.6 is 43.5 Å². The summed E-state index contributed by atoms with van der Waals surface area (Å²) in [6.45, 7) is 2.84. The van der Waals surface area contributed by atoms with Gasteiger partial charge in [0.05, 0.1) is 5.69 Å². The molecule has 0 radical (unpaired) electrons. The van der Waals surface area contributed by atoms with E-state index in [2.05, 4.69) is 64.4 Å². The van der Waals surface area contributed by atoms with Gasteiger partial charge in [-0.05, 0) is 52.2 Å². The first-order valence-corrected chi connectivity index (χ1v) is 7.92. The third kappa shape index (κ3) is 4.29. The van der Waals surface area contributed by atoms with Crippen molar-refractivity contribution in [2.75, 3.05) is 17.2 Å². The number of hydrogen-bond acceptors (Lipinski definition) is 5. The van der Waals surface area contributed by atoms with E-state index in [0.717, 1.165) is 27.6 Å². The Labute approximate surface area is 138 Å². The van der Waals surface area contributed by atoms with E-state index < -0.39 is 0 Å². The highest BCUT2D eigenvalue weighted by atomic mass is 79.9. The topological polar surface area (TPSA) is 62.7 Å². The van der Waals surface area contributed by atoms with Crippen LogP contribution in [0.1, 0.15) is 13.3 Å². The SMILES string of the molecule is CCCNc1nc(Cl)nc(Nc2cc(Br)ccc2Br)n1. The molecule has 0 spiro atoms. The van der Waals surface area contributed by atoms with E-state index in [9.17, 15) is 0 Å². The Kier molecular flexibility index (Phi) is 5.56. The van der Waals surface area contributed by atoms with Crippen LogP contribution in [0.5, 0.6) is 0 Å². The molecule has 20 heavy (non-hydrogen) atoms. The maximum atomic E-state index is 5.90. The summed E-state index contributed by atoms with van der Waals surface area (Å²) in [5.74, 6) is 0.850. The molecule has 5 nitrogen and oxygen atoms in total. The van der Waals surface area contributed by atoms with Crippen LogP contribution in [0, 0.1) is 0 Å². The summed E-state index contributed by atoms with van der Waals surface area (Å²) in [6, 6.07) is 5.77. The van der Waals surface area contributed by atoms with Crippen molar-refractivity contribution >= 4 is 61.0 Å². The van der Waals surface area contributed by atoms with Crippen LogP contribution in [0.4, 0.5) is 17.6 Å². The molecular weight excluding hydrogens is 409 g/mol. The van der Waals surface area contributed by atoms with E-state index in [0.29, 0.717) is 11.9 Å². The van der Waals surface area contributed by atoms with E-state index in [4.69, 9.17) is 11.6 Å². The zero-order valence-electron chi connectivity index (χ0n) is 10.6. The van der Waals surface area contributed by atoms with Gasteiger partial charge in [-0.25, -0.2) is 0 Å². The van der Waals surface area contributed by atoms with Crippen LogP contribution in [0.2, 0.25) is 5.28 Å². The second kappa shape index (κ2) is 7.19. The number of aromatic nitrogens is 3. The number of anilines is 3. The van der Waals surface area contributed by atoms with Crippen LogP contribution < -0.4 is 10.6 Å². The fraction of sp³-hybridized carbons (Fsp3) is 0.250. The second-order valence-electron chi connectivity index (χ2n) is 3.93. The Bertz CT molecular complexity index is 608. The smallest absolute Gasteiger partial charge is 0.233 e. The molecule has 0 amide bonds. The molecule has 0 fully saturated rings. The standard InChI is InChI=1S/C12H12Br2ClN5/c1-2-5-16-11-18-10(15)19-12(20-11)17-9-6-7(13)3-4-8(9)14/h3-4,6H,2,5H2,1H3,(H2,16,17,18,19,20). The third-order valence-corrected chi connectivity index (χ3v) is 3.67. The van der Waals surface area contributed by atoms with Gasteiger partial charge in [0.15, 0.2) is 0 Å². The Morgan fingerprint density at radius 3 is 2.65 bits per heavy atom. The average Bonchev–Trinajstić information content (AvgIpc) is 2.40. The normalized spacial score (nSPS) is 10.4. The molecule has 2 N–H and O–H groups in total. The summed E-state index contributed by atoms with van der Waals surface area (Å²) in [5.41, 5.74) is 0.836. The molecule has 106 valence electrons. The molecule has 0 unspecified atom stereocenters. The van der Waals surface area contributed by atoms with Gasteiger partial charge in [-0.15, -0.1) is 0 Å². The molecule has 0 aliphatic rings. The van der Waals surface area contributed by atoms with Crippen LogP contribution in [-0.2, 0) is 0 Å². The third-order valence-electron chi connectivity index (χ3n) is 2.32. The molecule has 0 saturated heterocycles. The largest absolute Gasteiger partial charge is 0.354 e. The highest BCUT2D eigenvalue weighted by Gasteiger charge is 2.07. The first-order valence-electron chi connectivity index (χ1n) is 5.96. The van der Waals surface area contributed by atoms with Gasteiger partial charge in [-0.3, -0.25) is 0 Å². The summed E-state index contributed by atoms with van der Waals surface area (Å²) in [5, 5.41) is 6.33. The van der Waals surface area contributed by atoms with Gasteiger partial charge in [0, 0.05) is 15.5 Å². The van der Waals surface area contributed by atoms with Crippen LogP contribution in [0.3, 0.4) is 0 Å². The van der Waals surface area contributed by atoms with Crippen molar-refractivity contribution in [2.45, 2.75) is 13.3 Å². The van der Waals surface area contributed by atoms with E-state index in [-0.39, 0.29) is 5.28 Å². The molecule has 1 aromatic carbocycles. The minimum Gasteiger partial charge on any atom is -0.354 e. The fourth-order valence-corrected chi connectivity index (χ4v) is 2.30. The quantitative estimate of drug-likeness (QED) is 0.738. The molecule has 0 aliphatic carbocycles. The summed E-state index contributed by atoms with van der Waals surface area (Å²) in [6.07, 6.45) is 0.975. The van der Waals surface area contributed by atoms with E-state index in [1.807, 2.05) is 18.2 Å². The zero-order chi connectivity index (χ0) is 14.5. The molecule has 1 aromatic heterocycles. The van der Waals surface area contributed by atoms with Gasteiger partial charge in [0.25, 0.3) is 0 Å². The van der Waals surface area contributed by atoms with Crippen LogP contribution in [-0.4, -0.2) is 21.5 Å². The fourth-order valence-electron chi connectivity index (χ4n) is 1.44. The Hall–Kier alpha value is -0.920. The lowest BCUT2D eigenvalue weighted by atomic mass is 10.3. The lowest BCUT2D eigenvalue weighted by Crippen LogP contribution is -2.08. The summed E-state index contributed by atoms with van der Waals surface area (Å²) >= 11 is 12.8. The molecule has 0 atom stereocenters. The van der Waals surface area contributed by atoms with Gasteiger partial charge < -0.3 is 10.6 Å². The molecule has 8 heteroatoms.